The molecule has 22 heteroatoms. The molecular weight excluding hydrogens is 602 g/mol. The second kappa shape index (κ2) is 12.9. The van der Waals surface area contributed by atoms with E-state index in [1.165, 1.54) is 0 Å². The first-order valence-corrected chi connectivity index (χ1v) is 13.4. The number of aliphatic hydroxyl groups excluding tert-OH is 6. The number of hydrogen-bond acceptors (Lipinski definition) is 18. The molecule has 9 N–H and O–H groups in total. The van der Waals surface area contributed by atoms with Crippen molar-refractivity contribution in [2.45, 2.75) is 73.9 Å². The highest BCUT2D eigenvalue weighted by molar-refractivity contribution is 7.46. The van der Waals surface area contributed by atoms with E-state index in [9.17, 15) is 54.5 Å². The molecule has 1 unspecified atom stereocenters. The Morgan fingerprint density at radius 3 is 2.50 bits per heavy atom. The summed E-state index contributed by atoms with van der Waals surface area (Å²) in [7, 11) is -6.08. The number of phosphoric ester groups is 1. The summed E-state index contributed by atoms with van der Waals surface area (Å²) in [6.45, 7) is -1.52. The number of phosphoric acid groups is 1. The second-order valence-corrected chi connectivity index (χ2v) is 10.7. The maximum atomic E-state index is 15.3. The molecule has 3 rings (SSSR count). The van der Waals surface area contributed by atoms with Gasteiger partial charge in [0.2, 0.25) is 5.91 Å². The van der Waals surface area contributed by atoms with Crippen LogP contribution in [-0.2, 0) is 32.7 Å². The Kier molecular flexibility index (Phi) is 10.4. The third kappa shape index (κ3) is 6.77. The van der Waals surface area contributed by atoms with Crippen molar-refractivity contribution in [3.8, 4) is 0 Å². The largest absolute Gasteiger partial charge is 0.756 e. The van der Waals surface area contributed by atoms with Gasteiger partial charge in [0.15, 0.2) is 12.4 Å². The number of aliphatic carboxylic acids is 1. The molecule has 0 saturated carbocycles. The van der Waals surface area contributed by atoms with Crippen molar-refractivity contribution < 1.29 is 77.7 Å². The minimum atomic E-state index is -6.08. The van der Waals surface area contributed by atoms with Crippen LogP contribution in [0.3, 0.4) is 0 Å². The summed E-state index contributed by atoms with van der Waals surface area (Å²) in [6.07, 6.45) is -18.9. The molecule has 0 aliphatic carbocycles. The summed E-state index contributed by atoms with van der Waals surface area (Å²) >= 11 is 0. The van der Waals surface area contributed by atoms with Gasteiger partial charge in [-0.15, -0.1) is 0 Å². The van der Waals surface area contributed by atoms with Gasteiger partial charge in [0.05, 0.1) is 19.3 Å². The predicted molar refractivity (Wildman–Crippen MR) is 124 cm³/mol. The van der Waals surface area contributed by atoms with E-state index in [-0.39, 0.29) is 5.82 Å². The van der Waals surface area contributed by atoms with E-state index in [2.05, 4.69) is 14.0 Å². The van der Waals surface area contributed by atoms with Crippen LogP contribution in [0.2, 0.25) is 0 Å². The van der Waals surface area contributed by atoms with Crippen LogP contribution in [0.15, 0.2) is 17.1 Å². The number of carboxylic acids is 1. The zero-order chi connectivity index (χ0) is 31.7. The third-order valence-electron chi connectivity index (χ3n) is 6.38. The summed E-state index contributed by atoms with van der Waals surface area (Å²) in [5.74, 6) is -7.99. The molecule has 0 bridgehead atoms. The highest BCUT2D eigenvalue weighted by Crippen LogP contribution is 2.49. The zero-order valence-corrected chi connectivity index (χ0v) is 22.3. The Morgan fingerprint density at radius 2 is 1.95 bits per heavy atom. The average molecular weight is 630 g/mol. The highest BCUT2D eigenvalue weighted by Gasteiger charge is 2.61. The topological polar surface area (TPSA) is 329 Å². The lowest BCUT2D eigenvalue weighted by Gasteiger charge is -2.51. The van der Waals surface area contributed by atoms with Crippen LogP contribution < -0.4 is 26.7 Å². The van der Waals surface area contributed by atoms with Gasteiger partial charge in [-0.3, -0.25) is 18.5 Å². The molecule has 12 atom stereocenters. The van der Waals surface area contributed by atoms with Crippen molar-refractivity contribution in [2.75, 3.05) is 18.9 Å². The Bertz CT molecular complexity index is 1260. The first-order chi connectivity index (χ1) is 19.5. The Morgan fingerprint density at radius 1 is 1.31 bits per heavy atom. The number of nitrogens with one attached hydrogen (secondary N) is 1. The van der Waals surface area contributed by atoms with Gasteiger partial charge >= 0.3 is 5.69 Å². The summed E-state index contributed by atoms with van der Waals surface area (Å²) in [4.78, 5) is 51.7. The number of nitrogen functional groups attached to an aromatic ring is 1. The number of carboxylic acid groups (broad SMARTS) is 1. The number of carbonyl (C=O) groups excluding carboxylic acids is 2. The minimum absolute atomic E-state index is 0.180. The first kappa shape index (κ1) is 33.8. The number of hydrogen-bond donors (Lipinski definition) is 8. The molecule has 238 valence electrons. The quantitative estimate of drug-likeness (QED) is 0.105. The maximum absolute atomic E-state index is 15.3. The van der Waals surface area contributed by atoms with Gasteiger partial charge in [0.25, 0.3) is 13.6 Å². The smallest absolute Gasteiger partial charge is 0.351 e. The number of amides is 1. The summed E-state index contributed by atoms with van der Waals surface area (Å²) in [6, 6.07) is -0.859. The number of ether oxygens (including phenoxy) is 2. The lowest BCUT2D eigenvalue weighted by Crippen LogP contribution is -2.74. The SMILES string of the molecule is CC(=O)N[C@@H]1[C@@H](O)[C@@H](F)[C@@](OP(=O)([O-])OC[C@H]2O[C@@H](n3ccc(N)nc3=O)[C@H](O)[C@@H]2O)(C(=O)[O-])O[C@H]1[C@H](O)[C@H](O)CO. The number of nitrogens with two attached hydrogens (primary N) is 1. The van der Waals surface area contributed by atoms with Crippen molar-refractivity contribution in [1.82, 2.24) is 14.9 Å². The number of halogens is 1. The molecule has 1 amide bonds. The van der Waals surface area contributed by atoms with Crippen LogP contribution in [0.5, 0.6) is 0 Å². The van der Waals surface area contributed by atoms with E-state index in [1.807, 2.05) is 5.32 Å². The van der Waals surface area contributed by atoms with Crippen molar-refractivity contribution in [1.29, 1.82) is 0 Å². The molecule has 20 nitrogen and oxygen atoms in total. The number of carbonyl (C=O) groups is 2. The van der Waals surface area contributed by atoms with E-state index in [4.69, 9.17) is 20.3 Å². The standard InChI is InChI=1S/C20H30FN4O16P/c1-6(27)23-10-13(31)16(21)20(18(33)34,40-15(10)11(29)7(28)4-26)41-42(36,37)38-5-8-12(30)14(32)17(39-8)25-3-2-9(22)24-19(25)35/h2-3,7-8,10-17,26,28-32H,4-5H2,1H3,(H,23,27)(H,33,34)(H,36,37)(H2,22,24,35)/p-2/t7-,8-,10-,11-,12-,13-,14-,15-,16-,17-,20-/m1/s1. The van der Waals surface area contributed by atoms with E-state index >= 15 is 4.39 Å². The van der Waals surface area contributed by atoms with Gasteiger partial charge in [-0.25, -0.2) is 9.18 Å². The Balaban J connectivity index is 1.83. The van der Waals surface area contributed by atoms with Crippen LogP contribution in [-0.4, -0.2) is 126 Å². The molecular formula is C20H28FN4O16P-2. The van der Waals surface area contributed by atoms with E-state index in [1.54, 1.807) is 0 Å². The fourth-order valence-corrected chi connectivity index (χ4v) is 5.23. The average Bonchev–Trinajstić information content (AvgIpc) is 3.19. The monoisotopic (exact) mass is 630 g/mol. The molecule has 2 aliphatic heterocycles. The molecule has 0 spiro atoms. The van der Waals surface area contributed by atoms with E-state index < -0.39 is 106 Å². The summed E-state index contributed by atoms with van der Waals surface area (Å²) < 4.78 is 47.7. The van der Waals surface area contributed by atoms with Gasteiger partial charge in [0, 0.05) is 13.1 Å². The van der Waals surface area contributed by atoms with Crippen molar-refractivity contribution in [3.63, 3.8) is 0 Å². The molecule has 1 aromatic heterocycles. The predicted octanol–water partition coefficient (Wildman–Crippen LogP) is -7.29. The molecule has 0 radical (unpaired) electrons. The number of anilines is 1. The van der Waals surface area contributed by atoms with E-state index in [0.29, 0.717) is 4.57 Å². The lowest BCUT2D eigenvalue weighted by atomic mass is 9.87. The molecule has 0 aromatic carbocycles. The number of rotatable bonds is 11. The molecule has 2 fully saturated rings. The molecule has 3 heterocycles. The fraction of sp³-hybridized carbons (Fsp3) is 0.700. The second-order valence-electron chi connectivity index (χ2n) is 9.32. The van der Waals surface area contributed by atoms with E-state index in [0.717, 1.165) is 19.2 Å². The molecule has 42 heavy (non-hydrogen) atoms. The number of alkyl halides is 1. The fourth-order valence-electron chi connectivity index (χ4n) is 4.30. The normalized spacial score (nSPS) is 36.1. The van der Waals surface area contributed by atoms with Crippen molar-refractivity contribution >= 4 is 25.5 Å². The molecule has 2 saturated heterocycles. The van der Waals surface area contributed by atoms with Crippen LogP contribution in [0.4, 0.5) is 10.2 Å². The summed E-state index contributed by atoms with van der Waals surface area (Å²) in [5.41, 5.74) is 4.37. The molecule has 2 aliphatic rings. The zero-order valence-electron chi connectivity index (χ0n) is 21.4. The van der Waals surface area contributed by atoms with Crippen molar-refractivity contribution in [2.24, 2.45) is 0 Å². The summed E-state index contributed by atoms with van der Waals surface area (Å²) in [5, 5.41) is 74.2. The molecule has 1 aromatic rings. The van der Waals surface area contributed by atoms with Gasteiger partial charge in [-0.1, -0.05) is 0 Å². The first-order valence-electron chi connectivity index (χ1n) is 11.9. The van der Waals surface area contributed by atoms with Gasteiger partial charge < -0.3 is 70.5 Å². The van der Waals surface area contributed by atoms with Crippen LogP contribution in [0.1, 0.15) is 13.2 Å². The van der Waals surface area contributed by atoms with Crippen LogP contribution in [0.25, 0.3) is 0 Å². The van der Waals surface area contributed by atoms with Crippen molar-refractivity contribution in [3.05, 3.63) is 22.7 Å². The number of nitrogens with zero attached hydrogens (tertiary/aromatic N) is 2. The Hall–Kier alpha value is -2.66. The highest BCUT2D eigenvalue weighted by atomic mass is 31.2. The van der Waals surface area contributed by atoms with Gasteiger partial charge in [-0.05, 0) is 6.07 Å². The lowest BCUT2D eigenvalue weighted by molar-refractivity contribution is -0.389. The van der Waals surface area contributed by atoms with Crippen LogP contribution >= 0.6 is 7.82 Å². The minimum Gasteiger partial charge on any atom is -0.756 e. The third-order valence-corrected chi connectivity index (χ3v) is 7.34. The van der Waals surface area contributed by atoms with Gasteiger partial charge in [-0.2, -0.15) is 4.98 Å². The van der Waals surface area contributed by atoms with Crippen LogP contribution in [0, 0.1) is 0 Å². The van der Waals surface area contributed by atoms with Gasteiger partial charge in [0.1, 0.15) is 54.5 Å². The number of aliphatic hydroxyl groups is 6. The number of aromatic nitrogens is 2. The maximum Gasteiger partial charge on any atom is 0.351 e. The Labute approximate surface area is 234 Å².